The van der Waals surface area contributed by atoms with Crippen molar-refractivity contribution in [2.75, 3.05) is 6.54 Å². The fourth-order valence-corrected chi connectivity index (χ4v) is 2.75. The van der Waals surface area contributed by atoms with Crippen molar-refractivity contribution < 1.29 is 4.52 Å². The third kappa shape index (κ3) is 3.90. The number of rotatable bonds is 4. The van der Waals surface area contributed by atoms with Gasteiger partial charge in [0, 0.05) is 18.5 Å². The van der Waals surface area contributed by atoms with Gasteiger partial charge in [-0.1, -0.05) is 5.16 Å². The maximum Gasteiger partial charge on any atom is 0.228 e. The first kappa shape index (κ1) is 13.7. The fourth-order valence-electron chi connectivity index (χ4n) is 1.44. The van der Waals surface area contributed by atoms with Crippen LogP contribution in [0.3, 0.4) is 0 Å². The van der Waals surface area contributed by atoms with Gasteiger partial charge in [-0.3, -0.25) is 0 Å². The van der Waals surface area contributed by atoms with Crippen molar-refractivity contribution in [2.45, 2.75) is 32.7 Å². The maximum atomic E-state index is 5.23. The van der Waals surface area contributed by atoms with Gasteiger partial charge in [-0.05, 0) is 48.8 Å². The maximum absolute atomic E-state index is 5.23. The Morgan fingerprint density at radius 2 is 2.17 bits per heavy atom. The SMILES string of the molecule is CC(C)(C)NCCc1nc(-c2ccc(Br)s2)no1. The van der Waals surface area contributed by atoms with Crippen LogP contribution >= 0.6 is 27.3 Å². The lowest BCUT2D eigenvalue weighted by atomic mass is 10.1. The first-order chi connectivity index (χ1) is 8.44. The molecule has 0 aliphatic heterocycles. The van der Waals surface area contributed by atoms with Gasteiger partial charge in [0.25, 0.3) is 0 Å². The molecule has 0 aliphatic rings. The fraction of sp³-hybridized carbons (Fsp3) is 0.500. The first-order valence-corrected chi connectivity index (χ1v) is 7.38. The smallest absolute Gasteiger partial charge is 0.228 e. The summed E-state index contributed by atoms with van der Waals surface area (Å²) in [4.78, 5) is 5.40. The second-order valence-corrected chi connectivity index (χ2v) is 7.51. The van der Waals surface area contributed by atoms with E-state index in [9.17, 15) is 0 Å². The summed E-state index contributed by atoms with van der Waals surface area (Å²) in [5.74, 6) is 1.34. The summed E-state index contributed by atoms with van der Waals surface area (Å²) >= 11 is 5.02. The van der Waals surface area contributed by atoms with Gasteiger partial charge in [-0.2, -0.15) is 4.98 Å². The Morgan fingerprint density at radius 1 is 1.39 bits per heavy atom. The number of halogens is 1. The van der Waals surface area contributed by atoms with Gasteiger partial charge in [0.1, 0.15) is 0 Å². The highest BCUT2D eigenvalue weighted by atomic mass is 79.9. The van der Waals surface area contributed by atoms with Crippen LogP contribution in [0.15, 0.2) is 20.4 Å². The number of thiophene rings is 1. The van der Waals surface area contributed by atoms with E-state index >= 15 is 0 Å². The molecule has 4 nitrogen and oxygen atoms in total. The van der Waals surface area contributed by atoms with Crippen LogP contribution in [0, 0.1) is 0 Å². The highest BCUT2D eigenvalue weighted by molar-refractivity contribution is 9.11. The quantitative estimate of drug-likeness (QED) is 0.932. The van der Waals surface area contributed by atoms with Gasteiger partial charge < -0.3 is 9.84 Å². The molecule has 0 saturated carbocycles. The number of hydrogen-bond acceptors (Lipinski definition) is 5. The standard InChI is InChI=1S/C12H16BrN3OS/c1-12(2,3)14-7-6-10-15-11(16-17-10)8-4-5-9(13)18-8/h4-5,14H,6-7H2,1-3H3. The summed E-state index contributed by atoms with van der Waals surface area (Å²) in [6.45, 7) is 7.24. The molecule has 98 valence electrons. The Morgan fingerprint density at radius 3 is 2.78 bits per heavy atom. The van der Waals surface area contributed by atoms with Crippen molar-refractivity contribution in [3.63, 3.8) is 0 Å². The molecular formula is C12H16BrN3OS. The summed E-state index contributed by atoms with van der Waals surface area (Å²) in [6.07, 6.45) is 0.747. The van der Waals surface area contributed by atoms with E-state index in [0.29, 0.717) is 11.7 Å². The van der Waals surface area contributed by atoms with Crippen molar-refractivity contribution in [2.24, 2.45) is 0 Å². The van der Waals surface area contributed by atoms with Gasteiger partial charge in [-0.25, -0.2) is 0 Å². The van der Waals surface area contributed by atoms with Crippen molar-refractivity contribution in [1.29, 1.82) is 0 Å². The van der Waals surface area contributed by atoms with Crippen LogP contribution in [0.4, 0.5) is 0 Å². The van der Waals surface area contributed by atoms with E-state index in [-0.39, 0.29) is 5.54 Å². The van der Waals surface area contributed by atoms with Crippen molar-refractivity contribution in [1.82, 2.24) is 15.5 Å². The van der Waals surface area contributed by atoms with Gasteiger partial charge in [-0.15, -0.1) is 11.3 Å². The zero-order valence-corrected chi connectivity index (χ0v) is 13.1. The molecule has 18 heavy (non-hydrogen) atoms. The van der Waals surface area contributed by atoms with Crippen molar-refractivity contribution >= 4 is 27.3 Å². The summed E-state index contributed by atoms with van der Waals surface area (Å²) in [5, 5.41) is 7.38. The predicted molar refractivity (Wildman–Crippen MR) is 76.8 cm³/mol. The molecule has 0 bridgehead atoms. The number of nitrogens with one attached hydrogen (secondary N) is 1. The van der Waals surface area contributed by atoms with Crippen LogP contribution in [0.1, 0.15) is 26.7 Å². The largest absolute Gasteiger partial charge is 0.339 e. The molecule has 1 N–H and O–H groups in total. The lowest BCUT2D eigenvalue weighted by Crippen LogP contribution is -2.37. The summed E-state index contributed by atoms with van der Waals surface area (Å²) in [7, 11) is 0. The number of aromatic nitrogens is 2. The van der Waals surface area contributed by atoms with Crippen molar-refractivity contribution in [3.05, 3.63) is 21.8 Å². The van der Waals surface area contributed by atoms with E-state index in [0.717, 1.165) is 21.6 Å². The molecule has 2 rings (SSSR count). The minimum Gasteiger partial charge on any atom is -0.339 e. The Labute approximate surface area is 119 Å². The molecule has 2 heterocycles. The molecule has 0 atom stereocenters. The van der Waals surface area contributed by atoms with E-state index in [4.69, 9.17) is 4.52 Å². The van der Waals surface area contributed by atoms with Crippen LogP contribution < -0.4 is 5.32 Å². The second kappa shape index (κ2) is 5.50. The molecule has 0 saturated heterocycles. The average molecular weight is 330 g/mol. The van der Waals surface area contributed by atoms with E-state index < -0.39 is 0 Å². The summed E-state index contributed by atoms with van der Waals surface area (Å²) in [5.41, 5.74) is 0.113. The number of nitrogens with zero attached hydrogens (tertiary/aromatic N) is 2. The first-order valence-electron chi connectivity index (χ1n) is 5.77. The predicted octanol–water partition coefficient (Wildman–Crippen LogP) is 3.49. The summed E-state index contributed by atoms with van der Waals surface area (Å²) < 4.78 is 6.30. The van der Waals surface area contributed by atoms with E-state index in [1.807, 2.05) is 12.1 Å². The number of hydrogen-bond donors (Lipinski definition) is 1. The summed E-state index contributed by atoms with van der Waals surface area (Å²) in [6, 6.07) is 3.97. The zero-order valence-electron chi connectivity index (χ0n) is 10.7. The molecule has 0 aromatic carbocycles. The Balaban J connectivity index is 1.94. The normalized spacial score (nSPS) is 12.0. The molecule has 0 amide bonds. The molecule has 0 unspecified atom stereocenters. The van der Waals surface area contributed by atoms with Crippen molar-refractivity contribution in [3.8, 4) is 10.7 Å². The van der Waals surface area contributed by atoms with E-state index in [2.05, 4.69) is 52.2 Å². The Hall–Kier alpha value is -0.720. The van der Waals surface area contributed by atoms with Gasteiger partial charge in [0.15, 0.2) is 0 Å². The molecular weight excluding hydrogens is 314 g/mol. The molecule has 0 radical (unpaired) electrons. The second-order valence-electron chi connectivity index (χ2n) is 5.04. The van der Waals surface area contributed by atoms with Crippen LogP contribution in [0.5, 0.6) is 0 Å². The van der Waals surface area contributed by atoms with E-state index in [1.54, 1.807) is 11.3 Å². The van der Waals surface area contributed by atoms with Crippen LogP contribution in [0.2, 0.25) is 0 Å². The molecule has 0 fully saturated rings. The molecule has 0 spiro atoms. The average Bonchev–Trinajstić information content (AvgIpc) is 2.85. The highest BCUT2D eigenvalue weighted by Gasteiger charge is 2.12. The van der Waals surface area contributed by atoms with Gasteiger partial charge in [0.05, 0.1) is 8.66 Å². The van der Waals surface area contributed by atoms with Crippen LogP contribution in [0.25, 0.3) is 10.7 Å². The molecule has 0 aliphatic carbocycles. The zero-order chi connectivity index (χ0) is 13.2. The molecule has 2 aromatic rings. The third-order valence-corrected chi connectivity index (χ3v) is 3.88. The Kier molecular flexibility index (Phi) is 4.19. The molecule has 6 heteroatoms. The monoisotopic (exact) mass is 329 g/mol. The minimum atomic E-state index is 0.113. The van der Waals surface area contributed by atoms with Crippen LogP contribution in [-0.4, -0.2) is 22.2 Å². The lowest BCUT2D eigenvalue weighted by molar-refractivity contribution is 0.362. The molecule has 2 aromatic heterocycles. The van der Waals surface area contributed by atoms with Crippen LogP contribution in [-0.2, 0) is 6.42 Å². The van der Waals surface area contributed by atoms with Gasteiger partial charge in [0.2, 0.25) is 11.7 Å². The lowest BCUT2D eigenvalue weighted by Gasteiger charge is -2.19. The highest BCUT2D eigenvalue weighted by Crippen LogP contribution is 2.29. The third-order valence-electron chi connectivity index (χ3n) is 2.26. The minimum absolute atomic E-state index is 0.113. The Bertz CT molecular complexity index is 515. The van der Waals surface area contributed by atoms with Gasteiger partial charge >= 0.3 is 0 Å². The topological polar surface area (TPSA) is 51.0 Å². The van der Waals surface area contributed by atoms with E-state index in [1.165, 1.54) is 0 Å².